The SMILES string of the molecule is COC(=O)C(C)(N=C(c1ccccc1)c1ccccc1)C1(c2ccccc2)CCCCC1. The highest BCUT2D eigenvalue weighted by molar-refractivity contribution is 6.14. The minimum atomic E-state index is -1.06. The fourth-order valence-corrected chi connectivity index (χ4v) is 5.23. The number of carbonyl (C=O) groups is 1. The van der Waals surface area contributed by atoms with Crippen molar-refractivity contribution in [3.63, 3.8) is 0 Å². The van der Waals surface area contributed by atoms with E-state index in [1.54, 1.807) is 0 Å². The summed E-state index contributed by atoms with van der Waals surface area (Å²) < 4.78 is 5.44. The Hall–Kier alpha value is -3.20. The van der Waals surface area contributed by atoms with Gasteiger partial charge in [0, 0.05) is 16.5 Å². The molecule has 1 fully saturated rings. The third-order valence-corrected chi connectivity index (χ3v) is 6.98. The Labute approximate surface area is 191 Å². The third kappa shape index (κ3) is 4.00. The smallest absolute Gasteiger partial charge is 0.334 e. The molecule has 3 aromatic rings. The second-order valence-corrected chi connectivity index (χ2v) is 8.77. The largest absolute Gasteiger partial charge is 0.467 e. The number of hydrogen-bond acceptors (Lipinski definition) is 3. The number of benzene rings is 3. The molecule has 1 saturated carbocycles. The van der Waals surface area contributed by atoms with E-state index in [2.05, 4.69) is 48.5 Å². The molecule has 0 aliphatic heterocycles. The van der Waals surface area contributed by atoms with Crippen molar-refractivity contribution in [2.75, 3.05) is 7.11 Å². The molecule has 3 aromatic carbocycles. The Balaban J connectivity index is 1.98. The second-order valence-electron chi connectivity index (χ2n) is 8.77. The van der Waals surface area contributed by atoms with Gasteiger partial charge < -0.3 is 4.74 Å². The monoisotopic (exact) mass is 425 g/mol. The number of nitrogens with zero attached hydrogens (tertiary/aromatic N) is 1. The van der Waals surface area contributed by atoms with Crippen molar-refractivity contribution in [2.45, 2.75) is 50.0 Å². The van der Waals surface area contributed by atoms with Crippen molar-refractivity contribution in [2.24, 2.45) is 4.99 Å². The van der Waals surface area contributed by atoms with Crippen molar-refractivity contribution < 1.29 is 9.53 Å². The molecule has 164 valence electrons. The quantitative estimate of drug-likeness (QED) is 0.340. The molecule has 0 N–H and O–H groups in total. The molecule has 3 heteroatoms. The van der Waals surface area contributed by atoms with Gasteiger partial charge in [-0.15, -0.1) is 0 Å². The topological polar surface area (TPSA) is 38.7 Å². The summed E-state index contributed by atoms with van der Waals surface area (Å²) in [6.07, 6.45) is 5.14. The van der Waals surface area contributed by atoms with Gasteiger partial charge in [-0.1, -0.05) is 110 Å². The molecular weight excluding hydrogens is 394 g/mol. The lowest BCUT2D eigenvalue weighted by Crippen LogP contribution is -2.55. The zero-order chi connectivity index (χ0) is 22.4. The molecule has 0 saturated heterocycles. The molecule has 0 aromatic heterocycles. The van der Waals surface area contributed by atoms with E-state index in [-0.39, 0.29) is 5.97 Å². The standard InChI is InChI=1S/C29H31NO2/c1-28(27(31)32-2,29(21-13-6-14-22-29)25-19-11-5-12-20-25)30-26(23-15-7-3-8-16-23)24-17-9-4-10-18-24/h3-5,7-12,15-20H,6,13-14,21-22H2,1-2H3. The van der Waals surface area contributed by atoms with E-state index >= 15 is 0 Å². The molecule has 1 atom stereocenters. The Morgan fingerprint density at radius 1 is 0.781 bits per heavy atom. The summed E-state index contributed by atoms with van der Waals surface area (Å²) in [5.74, 6) is -0.285. The third-order valence-electron chi connectivity index (χ3n) is 6.98. The van der Waals surface area contributed by atoms with E-state index in [1.165, 1.54) is 13.5 Å². The van der Waals surface area contributed by atoms with E-state index in [0.717, 1.165) is 48.1 Å². The van der Waals surface area contributed by atoms with Gasteiger partial charge in [0.05, 0.1) is 12.8 Å². The molecule has 0 spiro atoms. The molecule has 3 nitrogen and oxygen atoms in total. The maximum absolute atomic E-state index is 13.6. The van der Waals surface area contributed by atoms with Crippen LogP contribution in [0.15, 0.2) is 96.0 Å². The Morgan fingerprint density at radius 2 is 1.25 bits per heavy atom. The number of ether oxygens (including phenoxy) is 1. The summed E-state index contributed by atoms with van der Waals surface area (Å²) in [6.45, 7) is 1.98. The average Bonchev–Trinajstić information content (AvgIpc) is 2.88. The highest BCUT2D eigenvalue weighted by atomic mass is 16.5. The molecule has 1 aliphatic rings. The number of carbonyl (C=O) groups excluding carboxylic acids is 1. The van der Waals surface area contributed by atoms with Gasteiger partial charge in [-0.3, -0.25) is 4.99 Å². The predicted octanol–water partition coefficient (Wildman–Crippen LogP) is 6.36. The van der Waals surface area contributed by atoms with Crippen LogP contribution in [0.1, 0.15) is 55.7 Å². The number of rotatable bonds is 6. The van der Waals surface area contributed by atoms with Crippen LogP contribution in [0.3, 0.4) is 0 Å². The average molecular weight is 426 g/mol. The second kappa shape index (κ2) is 9.52. The van der Waals surface area contributed by atoms with Crippen LogP contribution in [-0.4, -0.2) is 24.3 Å². The summed E-state index contributed by atoms with van der Waals surface area (Å²) in [5.41, 5.74) is 2.48. The van der Waals surface area contributed by atoms with E-state index in [9.17, 15) is 4.79 Å². The van der Waals surface area contributed by atoms with Crippen LogP contribution in [0.2, 0.25) is 0 Å². The Kier molecular flexibility index (Phi) is 6.55. The predicted molar refractivity (Wildman–Crippen MR) is 130 cm³/mol. The number of methoxy groups -OCH3 is 1. The van der Waals surface area contributed by atoms with Crippen LogP contribution in [0, 0.1) is 0 Å². The maximum atomic E-state index is 13.6. The normalized spacial score (nSPS) is 17.1. The first-order valence-electron chi connectivity index (χ1n) is 11.5. The fourth-order valence-electron chi connectivity index (χ4n) is 5.23. The van der Waals surface area contributed by atoms with Crippen LogP contribution in [0.25, 0.3) is 0 Å². The van der Waals surface area contributed by atoms with Crippen LogP contribution in [0.5, 0.6) is 0 Å². The van der Waals surface area contributed by atoms with E-state index < -0.39 is 11.0 Å². The molecule has 1 unspecified atom stereocenters. The first kappa shape index (κ1) is 22.0. The van der Waals surface area contributed by atoms with Crippen molar-refractivity contribution in [3.8, 4) is 0 Å². The van der Waals surface area contributed by atoms with Crippen molar-refractivity contribution in [1.29, 1.82) is 0 Å². The van der Waals surface area contributed by atoms with Crippen molar-refractivity contribution in [3.05, 3.63) is 108 Å². The van der Waals surface area contributed by atoms with E-state index in [1.807, 2.05) is 49.4 Å². The summed E-state index contributed by atoms with van der Waals surface area (Å²) in [6, 6.07) is 30.7. The van der Waals surface area contributed by atoms with Crippen LogP contribution in [-0.2, 0) is 14.9 Å². The summed E-state index contributed by atoms with van der Waals surface area (Å²) in [5, 5.41) is 0. The van der Waals surface area contributed by atoms with Gasteiger partial charge in [-0.25, -0.2) is 4.79 Å². The highest BCUT2D eigenvalue weighted by Crippen LogP contribution is 2.50. The van der Waals surface area contributed by atoms with Gasteiger partial charge in [0.25, 0.3) is 0 Å². The lowest BCUT2D eigenvalue weighted by molar-refractivity contribution is -0.150. The molecule has 0 heterocycles. The highest BCUT2D eigenvalue weighted by Gasteiger charge is 2.55. The Bertz CT molecular complexity index is 1010. The molecule has 4 rings (SSSR count). The molecule has 32 heavy (non-hydrogen) atoms. The molecular formula is C29H31NO2. The fraction of sp³-hybridized carbons (Fsp3) is 0.310. The molecule has 0 amide bonds. The minimum Gasteiger partial charge on any atom is -0.467 e. The minimum absolute atomic E-state index is 0.285. The zero-order valence-corrected chi connectivity index (χ0v) is 19.0. The number of hydrogen-bond donors (Lipinski definition) is 0. The van der Waals surface area contributed by atoms with Crippen LogP contribution < -0.4 is 0 Å². The van der Waals surface area contributed by atoms with Crippen molar-refractivity contribution >= 4 is 11.7 Å². The van der Waals surface area contributed by atoms with E-state index in [4.69, 9.17) is 9.73 Å². The van der Waals surface area contributed by atoms with Gasteiger partial charge in [0.2, 0.25) is 0 Å². The summed E-state index contributed by atoms with van der Waals surface area (Å²) in [7, 11) is 1.47. The van der Waals surface area contributed by atoms with Gasteiger partial charge >= 0.3 is 5.97 Å². The van der Waals surface area contributed by atoms with Crippen LogP contribution >= 0.6 is 0 Å². The Morgan fingerprint density at radius 3 is 1.72 bits per heavy atom. The maximum Gasteiger partial charge on any atom is 0.334 e. The molecule has 0 radical (unpaired) electrons. The number of aliphatic imine (C=N–C) groups is 1. The van der Waals surface area contributed by atoms with Gasteiger partial charge in [-0.2, -0.15) is 0 Å². The lowest BCUT2D eigenvalue weighted by Gasteiger charge is -2.47. The first-order chi connectivity index (χ1) is 15.6. The first-order valence-corrected chi connectivity index (χ1v) is 11.5. The molecule has 0 bridgehead atoms. The summed E-state index contributed by atoms with van der Waals surface area (Å²) >= 11 is 0. The van der Waals surface area contributed by atoms with Crippen LogP contribution in [0.4, 0.5) is 0 Å². The van der Waals surface area contributed by atoms with Gasteiger partial charge in [0.15, 0.2) is 5.54 Å². The van der Waals surface area contributed by atoms with Gasteiger partial charge in [-0.05, 0) is 25.3 Å². The molecule has 1 aliphatic carbocycles. The lowest BCUT2D eigenvalue weighted by atomic mass is 9.58. The summed E-state index contributed by atoms with van der Waals surface area (Å²) in [4.78, 5) is 18.9. The van der Waals surface area contributed by atoms with E-state index in [0.29, 0.717) is 0 Å². The van der Waals surface area contributed by atoms with Crippen molar-refractivity contribution in [1.82, 2.24) is 0 Å². The zero-order valence-electron chi connectivity index (χ0n) is 19.0. The van der Waals surface area contributed by atoms with Gasteiger partial charge in [0.1, 0.15) is 0 Å². The number of esters is 1.